The van der Waals surface area contributed by atoms with Crippen molar-refractivity contribution in [1.82, 2.24) is 4.90 Å². The molecule has 0 aromatic heterocycles. The topological polar surface area (TPSA) is 37.4 Å². The molecule has 1 unspecified atom stereocenters. The summed E-state index contributed by atoms with van der Waals surface area (Å²) in [6.07, 6.45) is 5.02. The van der Waals surface area contributed by atoms with Gasteiger partial charge in [0.2, 0.25) is 11.8 Å². The number of amides is 2. The van der Waals surface area contributed by atoms with Crippen LogP contribution in [0.3, 0.4) is 0 Å². The van der Waals surface area contributed by atoms with Crippen molar-refractivity contribution in [2.24, 2.45) is 11.3 Å². The van der Waals surface area contributed by atoms with E-state index in [0.717, 1.165) is 25.7 Å². The van der Waals surface area contributed by atoms with Crippen molar-refractivity contribution in [2.45, 2.75) is 66.2 Å². The van der Waals surface area contributed by atoms with Gasteiger partial charge in [-0.2, -0.15) is 0 Å². The average molecular weight is 253 g/mol. The molecular formula is C15H27NO2. The minimum atomic E-state index is 0.0265. The lowest BCUT2D eigenvalue weighted by Crippen LogP contribution is -2.37. The molecule has 0 bridgehead atoms. The molecule has 1 aliphatic rings. The van der Waals surface area contributed by atoms with Crippen molar-refractivity contribution in [3.8, 4) is 0 Å². The molecule has 18 heavy (non-hydrogen) atoms. The molecule has 0 aliphatic carbocycles. The monoisotopic (exact) mass is 253 g/mol. The van der Waals surface area contributed by atoms with Crippen LogP contribution in [0.1, 0.15) is 66.2 Å². The molecule has 0 radical (unpaired) electrons. The molecule has 1 fully saturated rings. The Balaban J connectivity index is 2.50. The van der Waals surface area contributed by atoms with Gasteiger partial charge in [-0.15, -0.1) is 0 Å². The molecule has 1 saturated heterocycles. The van der Waals surface area contributed by atoms with Crippen LogP contribution in [0.15, 0.2) is 0 Å². The van der Waals surface area contributed by atoms with Gasteiger partial charge in [0.25, 0.3) is 0 Å². The van der Waals surface area contributed by atoms with Crippen molar-refractivity contribution in [3.63, 3.8) is 0 Å². The van der Waals surface area contributed by atoms with Gasteiger partial charge in [0, 0.05) is 19.4 Å². The average Bonchev–Trinajstić information content (AvgIpc) is 2.39. The molecule has 1 atom stereocenters. The summed E-state index contributed by atoms with van der Waals surface area (Å²) in [5.41, 5.74) is 0.239. The Morgan fingerprint density at radius 3 is 2.56 bits per heavy atom. The molecular weight excluding hydrogens is 226 g/mol. The number of likely N-dealkylation sites (tertiary alicyclic amines) is 1. The summed E-state index contributed by atoms with van der Waals surface area (Å²) in [6, 6.07) is 0. The largest absolute Gasteiger partial charge is 0.283 e. The fraction of sp³-hybridized carbons (Fsp3) is 0.867. The van der Waals surface area contributed by atoms with Gasteiger partial charge >= 0.3 is 0 Å². The molecule has 0 aromatic rings. The third-order valence-electron chi connectivity index (χ3n) is 3.36. The van der Waals surface area contributed by atoms with Gasteiger partial charge in [-0.25, -0.2) is 0 Å². The van der Waals surface area contributed by atoms with Gasteiger partial charge in [-0.05, 0) is 30.6 Å². The summed E-state index contributed by atoms with van der Waals surface area (Å²) in [6.45, 7) is 9.28. The Morgan fingerprint density at radius 1 is 1.28 bits per heavy atom. The van der Waals surface area contributed by atoms with Gasteiger partial charge in [0.05, 0.1) is 0 Å². The third kappa shape index (κ3) is 5.19. The van der Waals surface area contributed by atoms with E-state index in [-0.39, 0.29) is 17.2 Å². The fourth-order valence-corrected chi connectivity index (χ4v) is 2.77. The Hall–Kier alpha value is -0.860. The summed E-state index contributed by atoms with van der Waals surface area (Å²) in [5, 5.41) is 0. The van der Waals surface area contributed by atoms with E-state index in [2.05, 4.69) is 27.7 Å². The van der Waals surface area contributed by atoms with E-state index >= 15 is 0 Å². The number of rotatable bonds is 3. The van der Waals surface area contributed by atoms with Crippen LogP contribution < -0.4 is 0 Å². The maximum Gasteiger partial charge on any atom is 0.229 e. The molecule has 2 amide bonds. The quantitative estimate of drug-likeness (QED) is 0.773. The molecule has 0 aromatic carbocycles. The zero-order valence-corrected chi connectivity index (χ0v) is 12.3. The Bertz CT molecular complexity index is 304. The zero-order valence-electron chi connectivity index (χ0n) is 12.3. The van der Waals surface area contributed by atoms with Crippen molar-refractivity contribution in [1.29, 1.82) is 0 Å². The molecule has 0 saturated carbocycles. The van der Waals surface area contributed by atoms with E-state index in [1.165, 1.54) is 4.90 Å². The molecule has 1 aliphatic heterocycles. The van der Waals surface area contributed by atoms with Gasteiger partial charge in [0.1, 0.15) is 0 Å². The number of nitrogens with zero attached hydrogens (tertiary/aromatic N) is 1. The van der Waals surface area contributed by atoms with E-state index in [0.29, 0.717) is 25.3 Å². The second kappa shape index (κ2) is 6.35. The molecule has 0 N–H and O–H groups in total. The minimum absolute atomic E-state index is 0.0265. The van der Waals surface area contributed by atoms with E-state index in [4.69, 9.17) is 0 Å². The summed E-state index contributed by atoms with van der Waals surface area (Å²) in [4.78, 5) is 25.5. The smallest absolute Gasteiger partial charge is 0.229 e. The first-order valence-electron chi connectivity index (χ1n) is 7.13. The highest BCUT2D eigenvalue weighted by molar-refractivity contribution is 5.95. The summed E-state index contributed by atoms with van der Waals surface area (Å²) >= 11 is 0. The predicted molar refractivity (Wildman–Crippen MR) is 73.0 cm³/mol. The third-order valence-corrected chi connectivity index (χ3v) is 3.36. The Morgan fingerprint density at radius 2 is 1.94 bits per heavy atom. The van der Waals surface area contributed by atoms with Crippen LogP contribution >= 0.6 is 0 Å². The van der Waals surface area contributed by atoms with Crippen molar-refractivity contribution in [3.05, 3.63) is 0 Å². The maximum absolute atomic E-state index is 12.2. The fourth-order valence-electron chi connectivity index (χ4n) is 2.77. The highest BCUT2D eigenvalue weighted by atomic mass is 16.2. The summed E-state index contributed by atoms with van der Waals surface area (Å²) in [5.74, 6) is 0.396. The van der Waals surface area contributed by atoms with Crippen LogP contribution in [-0.2, 0) is 9.59 Å². The number of hydrogen-bond donors (Lipinski definition) is 0. The number of imide groups is 1. The molecule has 104 valence electrons. The minimum Gasteiger partial charge on any atom is -0.283 e. The van der Waals surface area contributed by atoms with Crippen molar-refractivity contribution >= 4 is 11.8 Å². The second-order valence-corrected chi connectivity index (χ2v) is 6.82. The van der Waals surface area contributed by atoms with Gasteiger partial charge in [0.15, 0.2) is 0 Å². The van der Waals surface area contributed by atoms with E-state index in [1.54, 1.807) is 0 Å². The van der Waals surface area contributed by atoms with Crippen LogP contribution in [0, 0.1) is 11.3 Å². The van der Waals surface area contributed by atoms with Crippen LogP contribution in [0.2, 0.25) is 0 Å². The molecule has 3 heteroatoms. The van der Waals surface area contributed by atoms with Crippen molar-refractivity contribution in [2.75, 3.05) is 6.54 Å². The van der Waals surface area contributed by atoms with Crippen LogP contribution in [-0.4, -0.2) is 23.3 Å². The van der Waals surface area contributed by atoms with Gasteiger partial charge in [-0.1, -0.05) is 34.1 Å². The molecule has 1 heterocycles. The SMILES string of the molecule is CC(CC(=O)N1CCCCCC1=O)CC(C)(C)C. The Kier molecular flexibility index (Phi) is 5.36. The van der Waals surface area contributed by atoms with E-state index < -0.39 is 0 Å². The van der Waals surface area contributed by atoms with Gasteiger partial charge < -0.3 is 0 Å². The molecule has 1 rings (SSSR count). The van der Waals surface area contributed by atoms with E-state index in [1.807, 2.05) is 0 Å². The lowest BCUT2D eigenvalue weighted by atomic mass is 9.84. The van der Waals surface area contributed by atoms with Crippen LogP contribution in [0.4, 0.5) is 0 Å². The highest BCUT2D eigenvalue weighted by Gasteiger charge is 2.25. The Labute approximate surface area is 111 Å². The first-order chi connectivity index (χ1) is 8.29. The standard InChI is InChI=1S/C15H27NO2/c1-12(11-15(2,3)4)10-14(18)16-9-7-5-6-8-13(16)17/h12H,5-11H2,1-4H3. The number of carbonyl (C=O) groups is 2. The summed E-state index contributed by atoms with van der Waals surface area (Å²) < 4.78 is 0. The van der Waals surface area contributed by atoms with Crippen LogP contribution in [0.25, 0.3) is 0 Å². The summed E-state index contributed by atoms with van der Waals surface area (Å²) in [7, 11) is 0. The lowest BCUT2D eigenvalue weighted by molar-refractivity contribution is -0.145. The molecule has 3 nitrogen and oxygen atoms in total. The highest BCUT2D eigenvalue weighted by Crippen LogP contribution is 2.26. The normalized spacial score (nSPS) is 19.6. The zero-order chi connectivity index (χ0) is 13.8. The molecule has 0 spiro atoms. The predicted octanol–water partition coefficient (Wildman–Crippen LogP) is 3.38. The maximum atomic E-state index is 12.2. The first kappa shape index (κ1) is 15.2. The van der Waals surface area contributed by atoms with Crippen molar-refractivity contribution < 1.29 is 9.59 Å². The first-order valence-corrected chi connectivity index (χ1v) is 7.13. The lowest BCUT2D eigenvalue weighted by Gasteiger charge is -2.25. The number of hydrogen-bond acceptors (Lipinski definition) is 2. The second-order valence-electron chi connectivity index (χ2n) is 6.82. The number of carbonyl (C=O) groups excluding carboxylic acids is 2. The van der Waals surface area contributed by atoms with Crippen LogP contribution in [0.5, 0.6) is 0 Å². The van der Waals surface area contributed by atoms with E-state index in [9.17, 15) is 9.59 Å². The van der Waals surface area contributed by atoms with Gasteiger partial charge in [-0.3, -0.25) is 14.5 Å².